The summed E-state index contributed by atoms with van der Waals surface area (Å²) in [5.41, 5.74) is 2.24. The summed E-state index contributed by atoms with van der Waals surface area (Å²) in [7, 11) is 0. The fraction of sp³-hybridized carbons (Fsp3) is 0.125. The first kappa shape index (κ1) is 20.5. The van der Waals surface area contributed by atoms with Gasteiger partial charge in [0.05, 0.1) is 11.1 Å². The summed E-state index contributed by atoms with van der Waals surface area (Å²) in [4.78, 5) is 31.5. The normalized spacial score (nSPS) is 12.2. The Morgan fingerprint density at radius 1 is 1.19 bits per heavy atom. The van der Waals surface area contributed by atoms with Crippen LogP contribution in [-0.4, -0.2) is 27.9 Å². The maximum Gasteiger partial charge on any atom is 0.263 e. The number of aromatic nitrogens is 2. The maximum atomic E-state index is 13.4. The second kappa shape index (κ2) is 8.64. The van der Waals surface area contributed by atoms with Crippen LogP contribution in [0.15, 0.2) is 76.5 Å². The van der Waals surface area contributed by atoms with E-state index in [9.17, 15) is 9.59 Å². The van der Waals surface area contributed by atoms with Crippen LogP contribution < -0.4 is 15.0 Å². The molecule has 3 heterocycles. The third-order valence-corrected chi connectivity index (χ3v) is 6.93. The number of fused-ring (bicyclic) bond motifs is 2. The van der Waals surface area contributed by atoms with Crippen LogP contribution in [0.1, 0.15) is 10.4 Å². The summed E-state index contributed by atoms with van der Waals surface area (Å²) in [6.07, 6.45) is 1.66. The zero-order valence-corrected chi connectivity index (χ0v) is 18.6. The first-order chi connectivity index (χ1) is 15.7. The lowest BCUT2D eigenvalue weighted by Crippen LogP contribution is -2.23. The van der Waals surface area contributed by atoms with Gasteiger partial charge in [-0.25, -0.2) is 4.98 Å². The van der Waals surface area contributed by atoms with Crippen molar-refractivity contribution in [3.63, 3.8) is 0 Å². The summed E-state index contributed by atoms with van der Waals surface area (Å²) < 4.78 is 12.2. The van der Waals surface area contributed by atoms with Gasteiger partial charge < -0.3 is 9.47 Å². The molecule has 4 aromatic rings. The highest BCUT2D eigenvalue weighted by Gasteiger charge is 2.19. The van der Waals surface area contributed by atoms with Crippen LogP contribution in [0.25, 0.3) is 21.3 Å². The van der Waals surface area contributed by atoms with E-state index < -0.39 is 0 Å². The number of ketones is 1. The van der Waals surface area contributed by atoms with Crippen molar-refractivity contribution in [2.45, 2.75) is 11.7 Å². The quantitative estimate of drug-likeness (QED) is 0.166. The van der Waals surface area contributed by atoms with Gasteiger partial charge in [0.1, 0.15) is 4.83 Å². The molecule has 0 saturated heterocycles. The van der Waals surface area contributed by atoms with Crippen molar-refractivity contribution in [3.8, 4) is 22.6 Å². The third-order valence-electron chi connectivity index (χ3n) is 5.08. The smallest absolute Gasteiger partial charge is 0.263 e. The Balaban J connectivity index is 1.47. The number of rotatable bonds is 7. The fourth-order valence-electron chi connectivity index (χ4n) is 3.52. The molecule has 0 atom stereocenters. The number of nitrogens with zero attached hydrogens (tertiary/aromatic N) is 2. The van der Waals surface area contributed by atoms with Gasteiger partial charge in [-0.05, 0) is 23.8 Å². The van der Waals surface area contributed by atoms with Gasteiger partial charge in [-0.3, -0.25) is 14.2 Å². The average molecular weight is 463 g/mol. The Hall–Kier alpha value is -3.36. The van der Waals surface area contributed by atoms with Gasteiger partial charge in [-0.2, -0.15) is 0 Å². The maximum absolute atomic E-state index is 13.4. The molecule has 6 nitrogen and oxygen atoms in total. The molecule has 0 bridgehead atoms. The summed E-state index contributed by atoms with van der Waals surface area (Å²) in [5, 5.41) is 3.05. The molecule has 0 saturated carbocycles. The van der Waals surface area contributed by atoms with Gasteiger partial charge in [-0.15, -0.1) is 17.9 Å². The van der Waals surface area contributed by atoms with Gasteiger partial charge in [0.25, 0.3) is 5.56 Å². The van der Waals surface area contributed by atoms with Crippen molar-refractivity contribution in [3.05, 3.63) is 82.5 Å². The van der Waals surface area contributed by atoms with E-state index in [-0.39, 0.29) is 23.9 Å². The SMILES string of the molecule is C=CCn1c(SCC(=O)c2ccc3c(c2)OCO3)nc2scc(-c3ccccc3)c2c1=O. The Kier molecular flexibility index (Phi) is 5.55. The molecule has 1 aliphatic rings. The number of benzene rings is 2. The van der Waals surface area contributed by atoms with Gasteiger partial charge in [-0.1, -0.05) is 48.2 Å². The molecule has 0 radical (unpaired) electrons. The van der Waals surface area contributed by atoms with E-state index in [4.69, 9.17) is 14.5 Å². The van der Waals surface area contributed by atoms with E-state index >= 15 is 0 Å². The van der Waals surface area contributed by atoms with Crippen LogP contribution in [0.4, 0.5) is 0 Å². The highest BCUT2D eigenvalue weighted by atomic mass is 32.2. The number of carbonyl (C=O) groups excluding carboxylic acids is 1. The molecule has 2 aromatic carbocycles. The zero-order valence-electron chi connectivity index (χ0n) is 16.9. The molecule has 5 rings (SSSR count). The number of thioether (sulfide) groups is 1. The standard InChI is InChI=1S/C24H18N2O4S2/c1-2-10-26-23(28)21-17(15-6-4-3-5-7-15)12-31-22(21)25-24(26)32-13-18(27)16-8-9-19-20(11-16)30-14-29-19/h2-9,11-12H,1,10,13-14H2. The molecule has 8 heteroatoms. The fourth-order valence-corrected chi connectivity index (χ4v) is 5.41. The topological polar surface area (TPSA) is 70.4 Å². The molecule has 1 aliphatic heterocycles. The molecule has 160 valence electrons. The van der Waals surface area contributed by atoms with E-state index in [0.717, 1.165) is 11.1 Å². The van der Waals surface area contributed by atoms with Crippen LogP contribution in [-0.2, 0) is 6.54 Å². The minimum Gasteiger partial charge on any atom is -0.454 e. The average Bonchev–Trinajstić information content (AvgIpc) is 3.46. The predicted octanol–water partition coefficient (Wildman–Crippen LogP) is 5.01. The number of Topliss-reactive ketones (excluding diaryl/α,β-unsaturated/α-hetero) is 1. The van der Waals surface area contributed by atoms with Gasteiger partial charge >= 0.3 is 0 Å². The van der Waals surface area contributed by atoms with Crippen LogP contribution in [0.3, 0.4) is 0 Å². The van der Waals surface area contributed by atoms with Crippen molar-refractivity contribution < 1.29 is 14.3 Å². The molecule has 0 spiro atoms. The molecular weight excluding hydrogens is 444 g/mol. The Morgan fingerprint density at radius 2 is 2.00 bits per heavy atom. The monoisotopic (exact) mass is 462 g/mol. The summed E-state index contributed by atoms with van der Waals surface area (Å²) in [6.45, 7) is 4.25. The van der Waals surface area contributed by atoms with E-state index in [1.165, 1.54) is 23.1 Å². The van der Waals surface area contributed by atoms with Crippen LogP contribution >= 0.6 is 23.1 Å². The predicted molar refractivity (Wildman–Crippen MR) is 127 cm³/mol. The Morgan fingerprint density at radius 3 is 2.81 bits per heavy atom. The molecular formula is C24H18N2O4S2. The Bertz CT molecular complexity index is 1390. The number of carbonyl (C=O) groups is 1. The van der Waals surface area contributed by atoms with Crippen LogP contribution in [0.2, 0.25) is 0 Å². The molecule has 0 unspecified atom stereocenters. The van der Waals surface area contributed by atoms with Crippen molar-refractivity contribution in [2.24, 2.45) is 0 Å². The number of hydrogen-bond donors (Lipinski definition) is 0. The molecule has 0 amide bonds. The number of ether oxygens (including phenoxy) is 2. The van der Waals surface area contributed by atoms with Gasteiger partial charge in [0, 0.05) is 23.1 Å². The van der Waals surface area contributed by atoms with Crippen LogP contribution in [0.5, 0.6) is 11.5 Å². The highest BCUT2D eigenvalue weighted by Crippen LogP contribution is 2.34. The molecule has 0 N–H and O–H groups in total. The molecule has 0 fully saturated rings. The number of allylic oxidation sites excluding steroid dienone is 1. The molecule has 0 aliphatic carbocycles. The number of thiophene rings is 1. The van der Waals surface area contributed by atoms with Gasteiger partial charge in [0.15, 0.2) is 22.4 Å². The lowest BCUT2D eigenvalue weighted by molar-refractivity contribution is 0.102. The van der Waals surface area contributed by atoms with E-state index in [0.29, 0.717) is 39.0 Å². The van der Waals surface area contributed by atoms with E-state index in [2.05, 4.69) is 6.58 Å². The van der Waals surface area contributed by atoms with Crippen molar-refractivity contribution in [2.75, 3.05) is 12.5 Å². The number of hydrogen-bond acceptors (Lipinski definition) is 7. The minimum absolute atomic E-state index is 0.0797. The Labute approximate surface area is 192 Å². The lowest BCUT2D eigenvalue weighted by Gasteiger charge is -2.10. The molecule has 32 heavy (non-hydrogen) atoms. The van der Waals surface area contributed by atoms with E-state index in [1.54, 1.807) is 28.8 Å². The second-order valence-electron chi connectivity index (χ2n) is 7.07. The van der Waals surface area contributed by atoms with Gasteiger partial charge in [0.2, 0.25) is 6.79 Å². The van der Waals surface area contributed by atoms with Crippen LogP contribution in [0, 0.1) is 0 Å². The van der Waals surface area contributed by atoms with E-state index in [1.807, 2.05) is 35.7 Å². The lowest BCUT2D eigenvalue weighted by atomic mass is 10.1. The molecule has 2 aromatic heterocycles. The summed E-state index contributed by atoms with van der Waals surface area (Å²) in [6, 6.07) is 14.9. The first-order valence-corrected chi connectivity index (χ1v) is 11.8. The highest BCUT2D eigenvalue weighted by molar-refractivity contribution is 7.99. The minimum atomic E-state index is -0.131. The third kappa shape index (κ3) is 3.72. The van der Waals surface area contributed by atoms with Crippen molar-refractivity contribution >= 4 is 39.1 Å². The summed E-state index contributed by atoms with van der Waals surface area (Å²) in [5.74, 6) is 1.26. The zero-order chi connectivity index (χ0) is 22.1. The second-order valence-corrected chi connectivity index (χ2v) is 8.87. The first-order valence-electron chi connectivity index (χ1n) is 9.89. The van der Waals surface area contributed by atoms with Crippen molar-refractivity contribution in [1.82, 2.24) is 9.55 Å². The summed E-state index contributed by atoms with van der Waals surface area (Å²) >= 11 is 2.68. The van der Waals surface area contributed by atoms with Crippen molar-refractivity contribution in [1.29, 1.82) is 0 Å². The largest absolute Gasteiger partial charge is 0.454 e.